The molecule has 1 aromatic carbocycles. The van der Waals surface area contributed by atoms with E-state index in [9.17, 15) is 14.4 Å². The first-order valence-electron chi connectivity index (χ1n) is 6.76. The molecule has 0 amide bonds. The quantitative estimate of drug-likeness (QED) is 0.824. The van der Waals surface area contributed by atoms with Crippen molar-refractivity contribution < 1.29 is 9.18 Å². The van der Waals surface area contributed by atoms with E-state index in [0.29, 0.717) is 5.56 Å². The molecule has 19 heavy (non-hydrogen) atoms. The lowest BCUT2D eigenvalue weighted by molar-refractivity contribution is -0.129. The van der Waals surface area contributed by atoms with Crippen molar-refractivity contribution >= 4 is 5.78 Å². The zero-order valence-electron chi connectivity index (χ0n) is 11.2. The van der Waals surface area contributed by atoms with Gasteiger partial charge in [0.15, 0.2) is 5.78 Å². The fraction of sp³-hybridized carbons (Fsp3) is 0.500. The summed E-state index contributed by atoms with van der Waals surface area (Å²) in [7, 11) is 0. The fourth-order valence-electron chi connectivity index (χ4n) is 2.87. The number of nitrogens with zero attached hydrogens (tertiary/aromatic N) is 1. The average molecular weight is 259 g/mol. The van der Waals surface area contributed by atoms with E-state index in [2.05, 4.69) is 6.07 Å². The van der Waals surface area contributed by atoms with Gasteiger partial charge in [-0.05, 0) is 30.5 Å². The number of nitriles is 1. The molecule has 0 heterocycles. The minimum atomic E-state index is -0.774. The van der Waals surface area contributed by atoms with Crippen LogP contribution in [0.1, 0.15) is 50.5 Å². The molecule has 1 aliphatic rings. The van der Waals surface area contributed by atoms with E-state index in [1.54, 1.807) is 0 Å². The maximum absolute atomic E-state index is 12.9. The van der Waals surface area contributed by atoms with Crippen LogP contribution < -0.4 is 0 Å². The van der Waals surface area contributed by atoms with Gasteiger partial charge >= 0.3 is 0 Å². The molecule has 0 aliphatic heterocycles. The monoisotopic (exact) mass is 259 g/mol. The van der Waals surface area contributed by atoms with Crippen LogP contribution in [-0.4, -0.2) is 5.78 Å². The largest absolute Gasteiger partial charge is 0.297 e. The molecule has 1 fully saturated rings. The van der Waals surface area contributed by atoms with Gasteiger partial charge in [0.2, 0.25) is 0 Å². The molecular weight excluding hydrogens is 241 g/mol. The van der Waals surface area contributed by atoms with E-state index in [4.69, 9.17) is 0 Å². The number of hydrogen-bond acceptors (Lipinski definition) is 2. The van der Waals surface area contributed by atoms with Gasteiger partial charge in [-0.15, -0.1) is 0 Å². The van der Waals surface area contributed by atoms with Crippen LogP contribution in [0.15, 0.2) is 24.3 Å². The number of Topliss-reactive ketones (excluding diaryl/α,β-unsaturated/α-hetero) is 1. The molecular formula is C16H18FNO. The van der Waals surface area contributed by atoms with Crippen molar-refractivity contribution in [1.82, 2.24) is 0 Å². The second-order valence-electron chi connectivity index (χ2n) is 5.60. The predicted molar refractivity (Wildman–Crippen MR) is 71.0 cm³/mol. The maximum atomic E-state index is 12.9. The molecule has 1 unspecified atom stereocenters. The average Bonchev–Trinajstić information content (AvgIpc) is 2.42. The minimum Gasteiger partial charge on any atom is -0.297 e. The van der Waals surface area contributed by atoms with Gasteiger partial charge in [0.05, 0.1) is 6.07 Å². The van der Waals surface area contributed by atoms with E-state index < -0.39 is 11.3 Å². The molecule has 1 aliphatic carbocycles. The van der Waals surface area contributed by atoms with Gasteiger partial charge in [0.1, 0.15) is 11.7 Å². The van der Waals surface area contributed by atoms with Gasteiger partial charge in [0.25, 0.3) is 0 Å². The SMILES string of the molecule is CC1(C(=O)C(C#N)c2ccc(F)cc2)CCCCC1. The van der Waals surface area contributed by atoms with Crippen molar-refractivity contribution in [2.45, 2.75) is 44.9 Å². The van der Waals surface area contributed by atoms with Gasteiger partial charge in [-0.3, -0.25) is 4.79 Å². The molecule has 3 heteroatoms. The standard InChI is InChI=1S/C16H18FNO/c1-16(9-3-2-4-10-16)15(19)14(11-18)12-5-7-13(17)8-6-12/h5-8,14H,2-4,9-10H2,1H3. The molecule has 0 aromatic heterocycles. The van der Waals surface area contributed by atoms with E-state index >= 15 is 0 Å². The number of hydrogen-bond donors (Lipinski definition) is 0. The first-order valence-corrected chi connectivity index (χ1v) is 6.76. The molecule has 1 aromatic rings. The molecule has 1 saturated carbocycles. The van der Waals surface area contributed by atoms with Crippen LogP contribution in [0.2, 0.25) is 0 Å². The Labute approximate surface area is 113 Å². The molecule has 0 radical (unpaired) electrons. The Balaban J connectivity index is 2.24. The van der Waals surface area contributed by atoms with Crippen LogP contribution in [0.5, 0.6) is 0 Å². The predicted octanol–water partition coefficient (Wildman–Crippen LogP) is 3.97. The van der Waals surface area contributed by atoms with E-state index in [0.717, 1.165) is 32.1 Å². The van der Waals surface area contributed by atoms with Crippen LogP contribution in [0.3, 0.4) is 0 Å². The molecule has 2 nitrogen and oxygen atoms in total. The Kier molecular flexibility index (Phi) is 3.99. The Morgan fingerprint density at radius 3 is 2.37 bits per heavy atom. The number of benzene rings is 1. The van der Waals surface area contributed by atoms with Crippen molar-refractivity contribution in [3.63, 3.8) is 0 Å². The van der Waals surface area contributed by atoms with Crippen LogP contribution in [0.4, 0.5) is 4.39 Å². The number of carbonyl (C=O) groups is 1. The van der Waals surface area contributed by atoms with Crippen molar-refractivity contribution in [2.24, 2.45) is 5.41 Å². The Bertz CT molecular complexity index is 494. The summed E-state index contributed by atoms with van der Waals surface area (Å²) in [6, 6.07) is 7.76. The lowest BCUT2D eigenvalue weighted by Gasteiger charge is -2.33. The first-order chi connectivity index (χ1) is 9.07. The Morgan fingerprint density at radius 2 is 1.84 bits per heavy atom. The van der Waals surface area contributed by atoms with E-state index in [1.807, 2.05) is 6.92 Å². The minimum absolute atomic E-state index is 0.0127. The highest BCUT2D eigenvalue weighted by molar-refractivity contribution is 5.93. The van der Waals surface area contributed by atoms with Gasteiger partial charge < -0.3 is 0 Å². The summed E-state index contributed by atoms with van der Waals surface area (Å²) in [5.74, 6) is -1.14. The highest BCUT2D eigenvalue weighted by atomic mass is 19.1. The third-order valence-corrected chi connectivity index (χ3v) is 4.15. The summed E-state index contributed by atoms with van der Waals surface area (Å²) in [6.45, 7) is 1.96. The Morgan fingerprint density at radius 1 is 1.26 bits per heavy atom. The molecule has 2 rings (SSSR count). The van der Waals surface area contributed by atoms with Crippen LogP contribution in [0.25, 0.3) is 0 Å². The Hall–Kier alpha value is -1.69. The highest BCUT2D eigenvalue weighted by Crippen LogP contribution is 2.40. The number of halogens is 1. The fourth-order valence-corrected chi connectivity index (χ4v) is 2.87. The van der Waals surface area contributed by atoms with Crippen molar-refractivity contribution in [3.05, 3.63) is 35.6 Å². The first kappa shape index (κ1) is 13.7. The maximum Gasteiger partial charge on any atom is 0.160 e. The summed E-state index contributed by atoms with van der Waals surface area (Å²) < 4.78 is 12.9. The van der Waals surface area contributed by atoms with Gasteiger partial charge in [-0.2, -0.15) is 5.26 Å². The summed E-state index contributed by atoms with van der Waals surface area (Å²) in [5.41, 5.74) is 0.202. The summed E-state index contributed by atoms with van der Waals surface area (Å²) >= 11 is 0. The summed E-state index contributed by atoms with van der Waals surface area (Å²) in [6.07, 6.45) is 4.96. The molecule has 0 spiro atoms. The number of ketones is 1. The molecule has 0 bridgehead atoms. The normalized spacial score (nSPS) is 19.4. The third kappa shape index (κ3) is 2.84. The van der Waals surface area contributed by atoms with Crippen LogP contribution in [0, 0.1) is 22.6 Å². The number of carbonyl (C=O) groups excluding carboxylic acids is 1. The summed E-state index contributed by atoms with van der Waals surface area (Å²) in [4.78, 5) is 12.6. The van der Waals surface area contributed by atoms with Gasteiger partial charge in [0, 0.05) is 5.41 Å². The lowest BCUT2D eigenvalue weighted by Crippen LogP contribution is -2.34. The molecule has 1 atom stereocenters. The van der Waals surface area contributed by atoms with Gasteiger partial charge in [-0.1, -0.05) is 38.3 Å². The van der Waals surface area contributed by atoms with E-state index in [-0.39, 0.29) is 11.6 Å². The lowest BCUT2D eigenvalue weighted by atomic mass is 9.68. The molecule has 100 valence electrons. The smallest absolute Gasteiger partial charge is 0.160 e. The van der Waals surface area contributed by atoms with E-state index in [1.165, 1.54) is 24.3 Å². The third-order valence-electron chi connectivity index (χ3n) is 4.15. The van der Waals surface area contributed by atoms with Crippen LogP contribution >= 0.6 is 0 Å². The zero-order chi connectivity index (χ0) is 13.9. The molecule has 0 saturated heterocycles. The second kappa shape index (κ2) is 5.52. The van der Waals surface area contributed by atoms with Gasteiger partial charge in [-0.25, -0.2) is 4.39 Å². The van der Waals surface area contributed by atoms with Crippen LogP contribution in [-0.2, 0) is 4.79 Å². The zero-order valence-corrected chi connectivity index (χ0v) is 11.2. The second-order valence-corrected chi connectivity index (χ2v) is 5.60. The highest BCUT2D eigenvalue weighted by Gasteiger charge is 2.39. The van der Waals surface area contributed by atoms with Crippen molar-refractivity contribution in [2.75, 3.05) is 0 Å². The molecule has 0 N–H and O–H groups in total. The number of rotatable bonds is 3. The topological polar surface area (TPSA) is 40.9 Å². The summed E-state index contributed by atoms with van der Waals surface area (Å²) in [5, 5.41) is 9.30. The van der Waals surface area contributed by atoms with Crippen molar-refractivity contribution in [1.29, 1.82) is 5.26 Å². The van der Waals surface area contributed by atoms with Crippen molar-refractivity contribution in [3.8, 4) is 6.07 Å².